The number of hydrogen-bond acceptors (Lipinski definition) is 9. The molecule has 3 aromatic carbocycles. The molecule has 0 amide bonds. The fourth-order valence-electron chi connectivity index (χ4n) is 5.21. The van der Waals surface area contributed by atoms with Crippen LogP contribution in [0.15, 0.2) is 81.7 Å². The molecule has 1 aliphatic heterocycles. The van der Waals surface area contributed by atoms with E-state index < -0.39 is 12.0 Å². The molecule has 0 fully saturated rings. The molecule has 9 nitrogen and oxygen atoms in total. The van der Waals surface area contributed by atoms with Crippen molar-refractivity contribution >= 4 is 46.0 Å². The second kappa shape index (κ2) is 15.0. The number of ether oxygens (including phenoxy) is 4. The van der Waals surface area contributed by atoms with Gasteiger partial charge in [0.05, 0.1) is 50.3 Å². The van der Waals surface area contributed by atoms with Crippen LogP contribution >= 0.6 is 33.9 Å². The summed E-state index contributed by atoms with van der Waals surface area (Å²) < 4.78 is 26.5. The van der Waals surface area contributed by atoms with Crippen LogP contribution in [0.2, 0.25) is 0 Å². The molecule has 0 saturated heterocycles. The topological polar surface area (TPSA) is 112 Å². The van der Waals surface area contributed by atoms with Crippen molar-refractivity contribution in [3.63, 3.8) is 0 Å². The third-order valence-corrected chi connectivity index (χ3v) is 8.97. The Morgan fingerprint density at radius 2 is 1.83 bits per heavy atom. The SMILES string of the molecule is CCOC(=O)C1=C(C)N=c2s/c(=C\c3cc(I)c(OCc4ccc(C#N)cc4)c(OCC)c3)c(=O)n2[C@@H]1c1ccccc1OC(C)C. The van der Waals surface area contributed by atoms with Gasteiger partial charge in [-0.15, -0.1) is 0 Å². The van der Waals surface area contributed by atoms with Gasteiger partial charge in [-0.05, 0) is 105 Å². The number of esters is 1. The number of carbonyl (C=O) groups excluding carboxylic acids is 1. The fraction of sp³-hybridized carbons (Fsp3) is 0.278. The molecule has 0 N–H and O–H groups in total. The molecule has 1 aliphatic rings. The largest absolute Gasteiger partial charge is 0.491 e. The number of para-hydroxylation sites is 1. The Balaban J connectivity index is 1.60. The molecular weight excluding hydrogens is 729 g/mol. The lowest BCUT2D eigenvalue weighted by molar-refractivity contribution is -0.139. The van der Waals surface area contributed by atoms with Crippen LogP contribution in [0, 0.1) is 14.9 Å². The monoisotopic (exact) mass is 763 g/mol. The van der Waals surface area contributed by atoms with E-state index in [1.807, 2.05) is 69.3 Å². The molecule has 1 atom stereocenters. The highest BCUT2D eigenvalue weighted by molar-refractivity contribution is 14.1. The average Bonchev–Trinajstić information content (AvgIpc) is 3.34. The zero-order chi connectivity index (χ0) is 33.7. The van der Waals surface area contributed by atoms with E-state index in [9.17, 15) is 9.59 Å². The quantitative estimate of drug-likeness (QED) is 0.135. The maximum Gasteiger partial charge on any atom is 0.338 e. The van der Waals surface area contributed by atoms with E-state index in [0.29, 0.717) is 62.2 Å². The first-order valence-corrected chi connectivity index (χ1v) is 17.1. The van der Waals surface area contributed by atoms with Crippen molar-refractivity contribution in [2.45, 2.75) is 53.4 Å². The third-order valence-electron chi connectivity index (χ3n) is 7.19. The number of benzene rings is 3. The lowest BCUT2D eigenvalue weighted by Gasteiger charge is -2.26. The smallest absolute Gasteiger partial charge is 0.338 e. The lowest BCUT2D eigenvalue weighted by Crippen LogP contribution is -2.40. The molecule has 1 aromatic heterocycles. The van der Waals surface area contributed by atoms with Crippen molar-refractivity contribution in [1.29, 1.82) is 5.26 Å². The Kier molecular flexibility index (Phi) is 10.8. The summed E-state index contributed by atoms with van der Waals surface area (Å²) in [6.07, 6.45) is 1.68. The van der Waals surface area contributed by atoms with Gasteiger partial charge in [0, 0.05) is 5.56 Å². The molecule has 242 valence electrons. The van der Waals surface area contributed by atoms with Crippen LogP contribution in [-0.4, -0.2) is 29.9 Å². The van der Waals surface area contributed by atoms with Crippen LogP contribution in [-0.2, 0) is 16.1 Å². The molecule has 0 unspecified atom stereocenters. The molecule has 2 heterocycles. The molecule has 0 saturated carbocycles. The Morgan fingerprint density at radius 3 is 2.51 bits per heavy atom. The number of hydrogen-bond donors (Lipinski definition) is 0. The van der Waals surface area contributed by atoms with Gasteiger partial charge < -0.3 is 18.9 Å². The van der Waals surface area contributed by atoms with Gasteiger partial charge in [0.1, 0.15) is 18.4 Å². The van der Waals surface area contributed by atoms with E-state index in [4.69, 9.17) is 29.2 Å². The van der Waals surface area contributed by atoms with Crippen LogP contribution in [0.25, 0.3) is 6.08 Å². The number of fused-ring (bicyclic) bond motifs is 1. The number of nitrogens with zero attached hydrogens (tertiary/aromatic N) is 3. The zero-order valence-corrected chi connectivity index (χ0v) is 29.7. The minimum Gasteiger partial charge on any atom is -0.491 e. The summed E-state index contributed by atoms with van der Waals surface area (Å²) in [6, 6.07) is 19.7. The van der Waals surface area contributed by atoms with Crippen molar-refractivity contribution in [1.82, 2.24) is 4.57 Å². The van der Waals surface area contributed by atoms with Gasteiger partial charge in [-0.1, -0.05) is 41.7 Å². The molecule has 47 heavy (non-hydrogen) atoms. The maximum atomic E-state index is 14.2. The van der Waals surface area contributed by atoms with E-state index >= 15 is 0 Å². The van der Waals surface area contributed by atoms with E-state index in [0.717, 1.165) is 14.7 Å². The van der Waals surface area contributed by atoms with Crippen LogP contribution in [0.1, 0.15) is 62.9 Å². The highest BCUT2D eigenvalue weighted by atomic mass is 127. The average molecular weight is 764 g/mol. The molecule has 0 spiro atoms. The van der Waals surface area contributed by atoms with Gasteiger partial charge in [-0.3, -0.25) is 9.36 Å². The van der Waals surface area contributed by atoms with Gasteiger partial charge in [0.2, 0.25) is 0 Å². The normalized spacial score (nSPS) is 14.3. The maximum absolute atomic E-state index is 14.2. The van der Waals surface area contributed by atoms with E-state index in [2.05, 4.69) is 28.7 Å². The van der Waals surface area contributed by atoms with Gasteiger partial charge in [-0.25, -0.2) is 9.79 Å². The first-order valence-electron chi connectivity index (χ1n) is 15.2. The second-order valence-corrected chi connectivity index (χ2v) is 13.0. The van der Waals surface area contributed by atoms with Crippen molar-refractivity contribution < 1.29 is 23.7 Å². The summed E-state index contributed by atoms with van der Waals surface area (Å²) in [6.45, 7) is 10.2. The Hall–Kier alpha value is -4.41. The first kappa shape index (κ1) is 33.9. The van der Waals surface area contributed by atoms with Crippen LogP contribution in [0.4, 0.5) is 0 Å². The van der Waals surface area contributed by atoms with Crippen LogP contribution < -0.4 is 29.1 Å². The fourth-order valence-corrected chi connectivity index (χ4v) is 7.04. The molecular formula is C36H34IN3O6S. The molecule has 5 rings (SSSR count). The number of thiazole rings is 1. The number of allylic oxidation sites excluding steroid dienone is 1. The predicted molar refractivity (Wildman–Crippen MR) is 188 cm³/mol. The van der Waals surface area contributed by atoms with Gasteiger partial charge >= 0.3 is 5.97 Å². The first-order chi connectivity index (χ1) is 22.6. The number of halogens is 1. The van der Waals surface area contributed by atoms with Crippen molar-refractivity contribution in [2.75, 3.05) is 13.2 Å². The third kappa shape index (κ3) is 7.44. The number of aromatic nitrogens is 1. The van der Waals surface area contributed by atoms with Crippen molar-refractivity contribution in [2.24, 2.45) is 4.99 Å². The molecule has 0 radical (unpaired) electrons. The Morgan fingerprint density at radius 1 is 1.09 bits per heavy atom. The molecule has 0 bridgehead atoms. The van der Waals surface area contributed by atoms with Crippen molar-refractivity contribution in [3.05, 3.63) is 117 Å². The van der Waals surface area contributed by atoms with E-state index in [1.165, 1.54) is 11.3 Å². The molecule has 11 heteroatoms. The number of nitriles is 1. The van der Waals surface area contributed by atoms with Crippen LogP contribution in [0.3, 0.4) is 0 Å². The Labute approximate surface area is 290 Å². The summed E-state index contributed by atoms with van der Waals surface area (Å²) in [5.74, 6) is 1.18. The van der Waals surface area contributed by atoms with Gasteiger partial charge in [0.25, 0.3) is 5.56 Å². The minimum absolute atomic E-state index is 0.124. The highest BCUT2D eigenvalue weighted by Gasteiger charge is 2.35. The minimum atomic E-state index is -0.792. The summed E-state index contributed by atoms with van der Waals surface area (Å²) in [5, 5.41) is 9.08. The second-order valence-electron chi connectivity index (χ2n) is 10.9. The summed E-state index contributed by atoms with van der Waals surface area (Å²) in [7, 11) is 0. The summed E-state index contributed by atoms with van der Waals surface area (Å²) >= 11 is 3.45. The standard InChI is InChI=1S/C36H34IN3O6S/c1-6-43-29-17-25(16-27(37)33(29)45-20-24-14-12-23(19-38)13-15-24)18-30-34(41)40-32(26-10-8-9-11-28(26)46-21(3)4)31(35(42)44-7-2)22(5)39-36(40)47-30/h8-18,21,32H,6-7,20H2,1-5H3/b30-18-/t32-/m1/s1. The van der Waals surface area contributed by atoms with Crippen LogP contribution in [0.5, 0.6) is 17.2 Å². The summed E-state index contributed by atoms with van der Waals surface area (Å²) in [4.78, 5) is 32.7. The highest BCUT2D eigenvalue weighted by Crippen LogP contribution is 2.37. The Bertz CT molecular complexity index is 2060. The zero-order valence-electron chi connectivity index (χ0n) is 26.7. The van der Waals surface area contributed by atoms with E-state index in [1.54, 1.807) is 36.6 Å². The molecule has 0 aliphatic carbocycles. The van der Waals surface area contributed by atoms with Crippen molar-refractivity contribution in [3.8, 4) is 23.3 Å². The van der Waals surface area contributed by atoms with E-state index in [-0.39, 0.29) is 18.3 Å². The number of carbonyl (C=O) groups is 1. The number of rotatable bonds is 11. The van der Waals surface area contributed by atoms with Gasteiger partial charge in [-0.2, -0.15) is 5.26 Å². The predicted octanol–water partition coefficient (Wildman–Crippen LogP) is 6.04. The molecule has 4 aromatic rings. The lowest BCUT2D eigenvalue weighted by atomic mass is 9.95. The van der Waals surface area contributed by atoms with Gasteiger partial charge in [0.15, 0.2) is 16.3 Å². The summed E-state index contributed by atoms with van der Waals surface area (Å²) in [5.41, 5.74) is 3.40.